The first-order valence-electron chi connectivity index (χ1n) is 6.63. The number of benzene rings is 1. The molecule has 0 bridgehead atoms. The van der Waals surface area contributed by atoms with Gasteiger partial charge in [0.1, 0.15) is 6.61 Å². The second-order valence-corrected chi connectivity index (χ2v) is 4.95. The largest absolute Gasteiger partial charge is 0.458 e. The van der Waals surface area contributed by atoms with Crippen molar-refractivity contribution in [1.29, 1.82) is 0 Å². The van der Waals surface area contributed by atoms with E-state index >= 15 is 0 Å². The average molecular weight is 308 g/mol. The van der Waals surface area contributed by atoms with Crippen LogP contribution in [0.3, 0.4) is 0 Å². The highest BCUT2D eigenvalue weighted by Crippen LogP contribution is 2.18. The van der Waals surface area contributed by atoms with Crippen LogP contribution in [0.15, 0.2) is 24.3 Å². The predicted octanol–water partition coefficient (Wildman–Crippen LogP) is 2.60. The fraction of sp³-hybridized carbons (Fsp3) is 0.357. The lowest BCUT2D eigenvalue weighted by atomic mass is 10.2. The molecule has 1 N–H and O–H groups in total. The Kier molecular flexibility index (Phi) is 5.16. The molecule has 0 aliphatic carbocycles. The van der Waals surface area contributed by atoms with Crippen LogP contribution in [-0.2, 0) is 6.61 Å². The summed E-state index contributed by atoms with van der Waals surface area (Å²) in [5.41, 5.74) is 0.885. The van der Waals surface area contributed by atoms with Crippen molar-refractivity contribution in [2.45, 2.75) is 13.5 Å². The summed E-state index contributed by atoms with van der Waals surface area (Å²) >= 11 is 6.10. The molecule has 2 rings (SSSR count). The van der Waals surface area contributed by atoms with Gasteiger partial charge in [-0.1, -0.05) is 29.8 Å². The minimum atomic E-state index is 0.268. The van der Waals surface area contributed by atoms with Gasteiger partial charge in [-0.3, -0.25) is 0 Å². The maximum absolute atomic E-state index is 6.10. The summed E-state index contributed by atoms with van der Waals surface area (Å²) in [7, 11) is 3.73. The summed E-state index contributed by atoms with van der Waals surface area (Å²) < 4.78 is 5.64. The van der Waals surface area contributed by atoms with E-state index in [1.54, 1.807) is 4.90 Å². The molecule has 0 aliphatic rings. The van der Waals surface area contributed by atoms with Gasteiger partial charge in [0, 0.05) is 31.2 Å². The summed E-state index contributed by atoms with van der Waals surface area (Å²) in [6.45, 7) is 3.01. The van der Waals surface area contributed by atoms with Crippen molar-refractivity contribution in [2.24, 2.45) is 0 Å². The first-order chi connectivity index (χ1) is 10.1. The highest BCUT2D eigenvalue weighted by Gasteiger charge is 2.09. The Bertz CT molecular complexity index is 606. The van der Waals surface area contributed by atoms with Crippen LogP contribution in [-0.4, -0.2) is 35.6 Å². The van der Waals surface area contributed by atoms with Crippen LogP contribution < -0.4 is 15.0 Å². The highest BCUT2D eigenvalue weighted by atomic mass is 35.5. The highest BCUT2D eigenvalue weighted by molar-refractivity contribution is 6.31. The first-order valence-corrected chi connectivity index (χ1v) is 7.01. The smallest absolute Gasteiger partial charge is 0.323 e. The lowest BCUT2D eigenvalue weighted by Crippen LogP contribution is -2.16. The molecule has 0 unspecified atom stereocenters. The Labute approximate surface area is 129 Å². The van der Waals surface area contributed by atoms with Crippen LogP contribution >= 0.6 is 11.6 Å². The normalized spacial score (nSPS) is 10.3. The number of hydrogen-bond acceptors (Lipinski definition) is 6. The third-order valence-electron chi connectivity index (χ3n) is 2.65. The van der Waals surface area contributed by atoms with Crippen LogP contribution in [0.4, 0.5) is 11.9 Å². The van der Waals surface area contributed by atoms with Crippen molar-refractivity contribution in [3.05, 3.63) is 34.9 Å². The number of nitrogens with one attached hydrogen (secondary N) is 1. The molecule has 1 aromatic heterocycles. The molecule has 2 aromatic rings. The second kappa shape index (κ2) is 7.08. The fourth-order valence-corrected chi connectivity index (χ4v) is 1.80. The van der Waals surface area contributed by atoms with Crippen molar-refractivity contribution >= 4 is 23.5 Å². The van der Waals surface area contributed by atoms with Crippen LogP contribution in [0, 0.1) is 0 Å². The topological polar surface area (TPSA) is 63.2 Å². The number of aromatic nitrogens is 3. The molecule has 112 valence electrons. The van der Waals surface area contributed by atoms with E-state index < -0.39 is 0 Å². The van der Waals surface area contributed by atoms with Gasteiger partial charge < -0.3 is 15.0 Å². The van der Waals surface area contributed by atoms with Gasteiger partial charge in [-0.25, -0.2) is 0 Å². The van der Waals surface area contributed by atoms with Crippen LogP contribution in [0.2, 0.25) is 5.02 Å². The quantitative estimate of drug-likeness (QED) is 0.885. The first kappa shape index (κ1) is 15.3. The van der Waals surface area contributed by atoms with Gasteiger partial charge in [-0.15, -0.1) is 0 Å². The number of nitrogens with zero attached hydrogens (tertiary/aromatic N) is 4. The molecule has 1 heterocycles. The van der Waals surface area contributed by atoms with E-state index in [0.29, 0.717) is 23.5 Å². The Balaban J connectivity index is 2.17. The number of hydrogen-bond donors (Lipinski definition) is 1. The van der Waals surface area contributed by atoms with Gasteiger partial charge in [0.25, 0.3) is 0 Å². The Morgan fingerprint density at radius 3 is 2.62 bits per heavy atom. The average Bonchev–Trinajstić information content (AvgIpc) is 2.46. The maximum atomic E-state index is 6.10. The van der Waals surface area contributed by atoms with E-state index in [0.717, 1.165) is 12.1 Å². The van der Waals surface area contributed by atoms with Crippen LogP contribution in [0.25, 0.3) is 0 Å². The van der Waals surface area contributed by atoms with Crippen molar-refractivity contribution in [3.8, 4) is 6.01 Å². The van der Waals surface area contributed by atoms with Gasteiger partial charge in [-0.2, -0.15) is 15.0 Å². The van der Waals surface area contributed by atoms with Crippen molar-refractivity contribution in [1.82, 2.24) is 15.0 Å². The monoisotopic (exact) mass is 307 g/mol. The minimum Gasteiger partial charge on any atom is -0.458 e. The standard InChI is InChI=1S/C14H18ClN5O/c1-4-16-12-17-13(20(2)3)19-14(18-12)21-9-10-7-5-6-8-11(10)15/h5-8H,4,9H2,1-3H3,(H,16,17,18,19). The molecule has 6 nitrogen and oxygen atoms in total. The zero-order valence-electron chi connectivity index (χ0n) is 12.3. The van der Waals surface area contributed by atoms with Gasteiger partial charge >= 0.3 is 6.01 Å². The molecule has 0 radical (unpaired) electrons. The zero-order valence-corrected chi connectivity index (χ0v) is 13.1. The molecule has 0 saturated carbocycles. The number of rotatable bonds is 6. The maximum Gasteiger partial charge on any atom is 0.323 e. The summed E-state index contributed by atoms with van der Waals surface area (Å²) in [6, 6.07) is 7.78. The third-order valence-corrected chi connectivity index (χ3v) is 3.02. The molecule has 0 amide bonds. The molecule has 0 spiro atoms. The Hall–Kier alpha value is -2.08. The summed E-state index contributed by atoms with van der Waals surface area (Å²) in [6.07, 6.45) is 0. The molecule has 0 atom stereocenters. The number of halogens is 1. The van der Waals surface area contributed by atoms with Crippen LogP contribution in [0.5, 0.6) is 6.01 Å². The summed E-state index contributed by atoms with van der Waals surface area (Å²) in [5.74, 6) is 1.03. The number of ether oxygens (including phenoxy) is 1. The van der Waals surface area contributed by atoms with E-state index in [9.17, 15) is 0 Å². The van der Waals surface area contributed by atoms with Gasteiger partial charge in [0.15, 0.2) is 0 Å². The predicted molar refractivity (Wildman–Crippen MR) is 84.1 cm³/mol. The van der Waals surface area contributed by atoms with Gasteiger partial charge in [0.2, 0.25) is 11.9 Å². The van der Waals surface area contributed by atoms with Crippen LogP contribution in [0.1, 0.15) is 12.5 Å². The molecule has 0 aliphatic heterocycles. The Morgan fingerprint density at radius 1 is 1.19 bits per heavy atom. The van der Waals surface area contributed by atoms with Crippen molar-refractivity contribution in [3.63, 3.8) is 0 Å². The zero-order chi connectivity index (χ0) is 15.2. The minimum absolute atomic E-state index is 0.268. The molecular weight excluding hydrogens is 290 g/mol. The van der Waals surface area contributed by atoms with Gasteiger partial charge in [0.05, 0.1) is 0 Å². The van der Waals surface area contributed by atoms with E-state index in [-0.39, 0.29) is 6.01 Å². The molecule has 0 fully saturated rings. The summed E-state index contributed by atoms with van der Waals surface area (Å²) in [4.78, 5) is 14.6. The summed E-state index contributed by atoms with van der Waals surface area (Å²) in [5, 5.41) is 3.72. The lowest BCUT2D eigenvalue weighted by molar-refractivity contribution is 0.280. The van der Waals surface area contributed by atoms with E-state index in [1.807, 2.05) is 45.3 Å². The van der Waals surface area contributed by atoms with E-state index in [2.05, 4.69) is 20.3 Å². The second-order valence-electron chi connectivity index (χ2n) is 4.55. The van der Waals surface area contributed by atoms with E-state index in [4.69, 9.17) is 16.3 Å². The molecule has 7 heteroatoms. The SMILES string of the molecule is CCNc1nc(OCc2ccccc2Cl)nc(N(C)C)n1. The van der Waals surface area contributed by atoms with Gasteiger partial charge in [-0.05, 0) is 13.0 Å². The molecule has 1 aromatic carbocycles. The van der Waals surface area contributed by atoms with Crippen molar-refractivity contribution in [2.75, 3.05) is 30.9 Å². The fourth-order valence-electron chi connectivity index (χ4n) is 1.61. The lowest BCUT2D eigenvalue weighted by Gasteiger charge is -2.13. The molecular formula is C14H18ClN5O. The third kappa shape index (κ3) is 4.19. The van der Waals surface area contributed by atoms with E-state index in [1.165, 1.54) is 0 Å². The number of anilines is 2. The Morgan fingerprint density at radius 2 is 1.95 bits per heavy atom. The molecule has 0 saturated heterocycles. The van der Waals surface area contributed by atoms with Crippen molar-refractivity contribution < 1.29 is 4.74 Å². The molecule has 21 heavy (non-hydrogen) atoms.